The monoisotopic (exact) mass is 318 g/mol. The Morgan fingerprint density at radius 3 is 2.14 bits per heavy atom. The molecule has 0 aromatic heterocycles. The van der Waals surface area contributed by atoms with E-state index in [1.165, 1.54) is 5.69 Å². The minimum atomic E-state index is 1.07. The Labute approximate surface area is 101 Å². The SMILES string of the molecule is Brc1cc(Br)cc(N2CCNCC2)c1. The highest BCUT2D eigenvalue weighted by atomic mass is 79.9. The minimum Gasteiger partial charge on any atom is -0.369 e. The van der Waals surface area contributed by atoms with Gasteiger partial charge in [0.05, 0.1) is 0 Å². The van der Waals surface area contributed by atoms with E-state index in [2.05, 4.69) is 60.3 Å². The number of hydrogen-bond acceptors (Lipinski definition) is 2. The first-order valence-electron chi connectivity index (χ1n) is 4.67. The molecule has 4 heteroatoms. The van der Waals surface area contributed by atoms with Gasteiger partial charge in [0.2, 0.25) is 0 Å². The summed E-state index contributed by atoms with van der Waals surface area (Å²) in [6.45, 7) is 4.32. The minimum absolute atomic E-state index is 1.07. The Bertz CT molecular complexity index is 302. The fourth-order valence-electron chi connectivity index (χ4n) is 1.64. The van der Waals surface area contributed by atoms with Crippen molar-refractivity contribution < 1.29 is 0 Å². The number of piperazine rings is 1. The third-order valence-corrected chi connectivity index (χ3v) is 3.25. The molecule has 14 heavy (non-hydrogen) atoms. The molecule has 76 valence electrons. The van der Waals surface area contributed by atoms with Gasteiger partial charge in [-0.3, -0.25) is 0 Å². The molecule has 0 amide bonds. The average molecular weight is 320 g/mol. The lowest BCUT2D eigenvalue weighted by atomic mass is 10.2. The van der Waals surface area contributed by atoms with Gasteiger partial charge in [-0.15, -0.1) is 0 Å². The standard InChI is InChI=1S/C10H12Br2N2/c11-8-5-9(12)7-10(6-8)14-3-1-13-2-4-14/h5-7,13H,1-4H2. The Morgan fingerprint density at radius 2 is 1.57 bits per heavy atom. The predicted octanol–water partition coefficient (Wildman–Crippen LogP) is 2.62. The number of halogens is 2. The largest absolute Gasteiger partial charge is 0.369 e. The maximum atomic E-state index is 3.51. The zero-order chi connectivity index (χ0) is 9.97. The van der Waals surface area contributed by atoms with Gasteiger partial charge in [-0.25, -0.2) is 0 Å². The molecule has 0 spiro atoms. The second-order valence-electron chi connectivity index (χ2n) is 3.36. The van der Waals surface area contributed by atoms with E-state index in [9.17, 15) is 0 Å². The second kappa shape index (κ2) is 4.64. The van der Waals surface area contributed by atoms with E-state index in [-0.39, 0.29) is 0 Å². The summed E-state index contributed by atoms with van der Waals surface area (Å²) < 4.78 is 2.25. The van der Waals surface area contributed by atoms with Crippen LogP contribution in [-0.2, 0) is 0 Å². The van der Waals surface area contributed by atoms with Gasteiger partial charge >= 0.3 is 0 Å². The van der Waals surface area contributed by atoms with E-state index in [4.69, 9.17) is 0 Å². The molecule has 0 saturated carbocycles. The van der Waals surface area contributed by atoms with Crippen molar-refractivity contribution in [2.24, 2.45) is 0 Å². The fraction of sp³-hybridized carbons (Fsp3) is 0.400. The van der Waals surface area contributed by atoms with Crippen molar-refractivity contribution in [1.82, 2.24) is 5.32 Å². The van der Waals surface area contributed by atoms with Gasteiger partial charge < -0.3 is 10.2 Å². The highest BCUT2D eigenvalue weighted by Crippen LogP contribution is 2.26. The Morgan fingerprint density at radius 1 is 1.00 bits per heavy atom. The van der Waals surface area contributed by atoms with E-state index in [0.29, 0.717) is 0 Å². The summed E-state index contributed by atoms with van der Waals surface area (Å²) in [6.07, 6.45) is 0. The zero-order valence-corrected chi connectivity index (χ0v) is 10.9. The molecule has 0 atom stereocenters. The van der Waals surface area contributed by atoms with Crippen LogP contribution in [0, 0.1) is 0 Å². The van der Waals surface area contributed by atoms with Crippen LogP contribution in [0.3, 0.4) is 0 Å². The molecule has 0 aliphatic carbocycles. The van der Waals surface area contributed by atoms with Crippen molar-refractivity contribution in [1.29, 1.82) is 0 Å². The van der Waals surface area contributed by atoms with Crippen LogP contribution in [0.25, 0.3) is 0 Å². The molecule has 1 fully saturated rings. The second-order valence-corrected chi connectivity index (χ2v) is 5.20. The van der Waals surface area contributed by atoms with Gasteiger partial charge in [-0.05, 0) is 18.2 Å². The molecule has 1 N–H and O–H groups in total. The molecule has 1 aromatic carbocycles. The molecule has 0 bridgehead atoms. The third-order valence-electron chi connectivity index (χ3n) is 2.33. The smallest absolute Gasteiger partial charge is 0.0389 e. The maximum absolute atomic E-state index is 3.51. The first-order valence-corrected chi connectivity index (χ1v) is 6.26. The van der Waals surface area contributed by atoms with Crippen LogP contribution in [0.1, 0.15) is 0 Å². The number of anilines is 1. The van der Waals surface area contributed by atoms with E-state index in [0.717, 1.165) is 35.1 Å². The van der Waals surface area contributed by atoms with Crippen LogP contribution in [-0.4, -0.2) is 26.2 Å². The topological polar surface area (TPSA) is 15.3 Å². The van der Waals surface area contributed by atoms with Crippen molar-refractivity contribution in [3.8, 4) is 0 Å². The van der Waals surface area contributed by atoms with Crippen molar-refractivity contribution in [3.05, 3.63) is 27.1 Å². The summed E-state index contributed by atoms with van der Waals surface area (Å²) in [5, 5.41) is 3.35. The van der Waals surface area contributed by atoms with Crippen molar-refractivity contribution in [2.75, 3.05) is 31.1 Å². The van der Waals surface area contributed by atoms with Crippen LogP contribution in [0.4, 0.5) is 5.69 Å². The Balaban J connectivity index is 2.21. The molecule has 1 aromatic rings. The van der Waals surface area contributed by atoms with E-state index >= 15 is 0 Å². The van der Waals surface area contributed by atoms with E-state index in [1.807, 2.05) is 0 Å². The number of benzene rings is 1. The zero-order valence-electron chi connectivity index (χ0n) is 7.76. The van der Waals surface area contributed by atoms with Crippen LogP contribution < -0.4 is 10.2 Å². The lowest BCUT2D eigenvalue weighted by Gasteiger charge is -2.29. The van der Waals surface area contributed by atoms with E-state index < -0.39 is 0 Å². The number of nitrogens with one attached hydrogen (secondary N) is 1. The summed E-state index contributed by atoms with van der Waals surface area (Å²) >= 11 is 7.01. The van der Waals surface area contributed by atoms with Crippen LogP contribution in [0.15, 0.2) is 27.1 Å². The lowest BCUT2D eigenvalue weighted by Crippen LogP contribution is -2.43. The molecule has 1 aliphatic rings. The summed E-state index contributed by atoms with van der Waals surface area (Å²) in [6, 6.07) is 6.39. The van der Waals surface area contributed by atoms with Crippen molar-refractivity contribution >= 4 is 37.5 Å². The van der Waals surface area contributed by atoms with Crippen molar-refractivity contribution in [3.63, 3.8) is 0 Å². The Hall–Kier alpha value is -0.0600. The van der Waals surface area contributed by atoms with Gasteiger partial charge in [0.25, 0.3) is 0 Å². The predicted molar refractivity (Wildman–Crippen MR) is 66.9 cm³/mol. The fourth-order valence-corrected chi connectivity index (χ4v) is 2.91. The maximum Gasteiger partial charge on any atom is 0.0389 e. The quantitative estimate of drug-likeness (QED) is 0.856. The molecule has 1 saturated heterocycles. The first kappa shape index (κ1) is 10.5. The Kier molecular flexibility index (Phi) is 3.47. The van der Waals surface area contributed by atoms with Crippen LogP contribution in [0.5, 0.6) is 0 Å². The molecule has 0 unspecified atom stereocenters. The highest BCUT2D eigenvalue weighted by Gasteiger charge is 2.10. The number of rotatable bonds is 1. The van der Waals surface area contributed by atoms with Crippen molar-refractivity contribution in [2.45, 2.75) is 0 Å². The van der Waals surface area contributed by atoms with Crippen LogP contribution >= 0.6 is 31.9 Å². The summed E-state index contributed by atoms with van der Waals surface area (Å²) in [7, 11) is 0. The lowest BCUT2D eigenvalue weighted by molar-refractivity contribution is 0.589. The van der Waals surface area contributed by atoms with Gasteiger partial charge in [0.15, 0.2) is 0 Å². The third kappa shape index (κ3) is 2.49. The average Bonchev–Trinajstić information content (AvgIpc) is 2.18. The molecular weight excluding hydrogens is 308 g/mol. The number of nitrogens with zero attached hydrogens (tertiary/aromatic N) is 1. The van der Waals surface area contributed by atoms with Gasteiger partial charge in [0.1, 0.15) is 0 Å². The summed E-state index contributed by atoms with van der Waals surface area (Å²) in [5.74, 6) is 0. The number of hydrogen-bond donors (Lipinski definition) is 1. The molecule has 1 aliphatic heterocycles. The molecule has 2 nitrogen and oxygen atoms in total. The summed E-state index contributed by atoms with van der Waals surface area (Å²) in [4.78, 5) is 2.39. The van der Waals surface area contributed by atoms with Gasteiger partial charge in [0, 0.05) is 40.8 Å². The van der Waals surface area contributed by atoms with Crippen LogP contribution in [0.2, 0.25) is 0 Å². The van der Waals surface area contributed by atoms with E-state index in [1.54, 1.807) is 0 Å². The normalized spacial score (nSPS) is 17.1. The highest BCUT2D eigenvalue weighted by molar-refractivity contribution is 9.11. The molecular formula is C10H12Br2N2. The molecule has 0 radical (unpaired) electrons. The summed E-state index contributed by atoms with van der Waals surface area (Å²) in [5.41, 5.74) is 1.28. The van der Waals surface area contributed by atoms with Gasteiger partial charge in [-0.2, -0.15) is 0 Å². The molecule has 1 heterocycles. The molecule has 2 rings (SSSR count). The van der Waals surface area contributed by atoms with Gasteiger partial charge in [-0.1, -0.05) is 31.9 Å². The first-order chi connectivity index (χ1) is 6.75.